The molecule has 6 nitrogen and oxygen atoms in total. The first-order chi connectivity index (χ1) is 9.82. The lowest BCUT2D eigenvalue weighted by atomic mass is 9.91. The van der Waals surface area contributed by atoms with Gasteiger partial charge < -0.3 is 14.7 Å². The molecule has 0 radical (unpaired) electrons. The van der Waals surface area contributed by atoms with Crippen LogP contribution in [0, 0.1) is 5.92 Å². The van der Waals surface area contributed by atoms with E-state index >= 15 is 0 Å². The molecule has 0 unspecified atom stereocenters. The Morgan fingerprint density at radius 1 is 1.38 bits per heavy atom. The summed E-state index contributed by atoms with van der Waals surface area (Å²) in [6.07, 6.45) is -0.0982. The quantitative estimate of drug-likeness (QED) is 0.850. The van der Waals surface area contributed by atoms with Crippen LogP contribution in [0.15, 0.2) is 0 Å². The van der Waals surface area contributed by atoms with Crippen molar-refractivity contribution in [3.63, 3.8) is 0 Å². The molecule has 0 saturated carbocycles. The molecule has 2 heterocycles. The Bertz CT molecular complexity index is 419. The number of ether oxygens (including phenoxy) is 1. The van der Waals surface area contributed by atoms with Gasteiger partial charge in [-0.3, -0.25) is 9.69 Å². The van der Waals surface area contributed by atoms with Crippen LogP contribution in [0.2, 0.25) is 0 Å². The van der Waals surface area contributed by atoms with Gasteiger partial charge in [-0.05, 0) is 12.8 Å². The number of alkyl halides is 2. The fraction of sp³-hybridized carbons (Fsp3) is 0.846. The van der Waals surface area contributed by atoms with Crippen LogP contribution in [0.5, 0.6) is 0 Å². The average molecular weight is 306 g/mol. The minimum Gasteiger partial charge on any atom is -0.481 e. The van der Waals surface area contributed by atoms with Crippen molar-refractivity contribution in [3.05, 3.63) is 0 Å². The summed E-state index contributed by atoms with van der Waals surface area (Å²) in [7, 11) is 1.26. The molecular weight excluding hydrogens is 286 g/mol. The van der Waals surface area contributed by atoms with E-state index in [4.69, 9.17) is 9.84 Å². The van der Waals surface area contributed by atoms with Crippen molar-refractivity contribution >= 4 is 12.1 Å². The minimum atomic E-state index is -2.70. The van der Waals surface area contributed by atoms with Crippen molar-refractivity contribution in [2.75, 3.05) is 33.3 Å². The van der Waals surface area contributed by atoms with E-state index in [1.165, 1.54) is 12.0 Å². The number of carboxylic acids is 1. The first kappa shape index (κ1) is 15.9. The predicted octanol–water partition coefficient (Wildman–Crippen LogP) is 1.26. The van der Waals surface area contributed by atoms with Gasteiger partial charge in [-0.25, -0.2) is 13.6 Å². The van der Waals surface area contributed by atoms with Gasteiger partial charge in [0.25, 0.3) is 5.92 Å². The minimum absolute atomic E-state index is 0.194. The summed E-state index contributed by atoms with van der Waals surface area (Å²) in [6.45, 7) is 0.458. The molecule has 2 aliphatic heterocycles. The van der Waals surface area contributed by atoms with Gasteiger partial charge in [0.15, 0.2) is 0 Å². The summed E-state index contributed by atoms with van der Waals surface area (Å²) in [6, 6.07) is -0.402. The summed E-state index contributed by atoms with van der Waals surface area (Å²) >= 11 is 0. The van der Waals surface area contributed by atoms with Crippen molar-refractivity contribution in [3.8, 4) is 0 Å². The number of likely N-dealkylation sites (tertiary alicyclic amines) is 2. The molecule has 1 amide bonds. The van der Waals surface area contributed by atoms with Gasteiger partial charge in [-0.15, -0.1) is 0 Å². The molecule has 2 atom stereocenters. The summed E-state index contributed by atoms with van der Waals surface area (Å²) in [5.41, 5.74) is 0. The van der Waals surface area contributed by atoms with E-state index < -0.39 is 29.9 Å². The van der Waals surface area contributed by atoms with Crippen molar-refractivity contribution < 1.29 is 28.2 Å². The lowest BCUT2D eigenvalue weighted by molar-refractivity contribution is -0.144. The number of piperidine rings is 1. The Kier molecular flexibility index (Phi) is 4.65. The van der Waals surface area contributed by atoms with Crippen LogP contribution < -0.4 is 0 Å². The monoisotopic (exact) mass is 306 g/mol. The SMILES string of the molecule is COC(=O)N1CC[C@H](C(=O)O)C[C@@H]1CN1CCC(F)(F)C1. The van der Waals surface area contributed by atoms with Crippen LogP contribution in [0.4, 0.5) is 13.6 Å². The molecule has 2 aliphatic rings. The molecule has 0 aromatic rings. The molecule has 2 rings (SSSR count). The van der Waals surface area contributed by atoms with E-state index in [-0.39, 0.29) is 39.0 Å². The predicted molar refractivity (Wildman–Crippen MR) is 69.3 cm³/mol. The molecule has 2 saturated heterocycles. The van der Waals surface area contributed by atoms with Gasteiger partial charge in [0, 0.05) is 32.1 Å². The highest BCUT2D eigenvalue weighted by Gasteiger charge is 2.41. The van der Waals surface area contributed by atoms with E-state index in [1.807, 2.05) is 0 Å². The van der Waals surface area contributed by atoms with Crippen LogP contribution in [0.25, 0.3) is 0 Å². The standard InChI is InChI=1S/C13H20F2N2O4/c1-21-12(20)17-4-2-9(11(18)19)6-10(17)7-16-5-3-13(14,15)8-16/h9-10H,2-8H2,1H3,(H,18,19)/t9-,10+/m0/s1. The Morgan fingerprint density at radius 2 is 2.10 bits per heavy atom. The van der Waals surface area contributed by atoms with Gasteiger partial charge in [0.1, 0.15) is 0 Å². The first-order valence-corrected chi connectivity index (χ1v) is 7.00. The molecule has 0 aliphatic carbocycles. The number of carbonyl (C=O) groups excluding carboxylic acids is 1. The van der Waals surface area contributed by atoms with E-state index in [9.17, 15) is 18.4 Å². The van der Waals surface area contributed by atoms with Crippen molar-refractivity contribution in [2.45, 2.75) is 31.2 Å². The van der Waals surface area contributed by atoms with Gasteiger partial charge in [0.05, 0.1) is 19.6 Å². The number of aliphatic carboxylic acids is 1. The zero-order valence-corrected chi connectivity index (χ0v) is 11.9. The van der Waals surface area contributed by atoms with Crippen LogP contribution >= 0.6 is 0 Å². The van der Waals surface area contributed by atoms with Crippen LogP contribution in [-0.2, 0) is 9.53 Å². The summed E-state index contributed by atoms with van der Waals surface area (Å²) in [5.74, 6) is -4.15. The number of carbonyl (C=O) groups is 2. The van der Waals surface area contributed by atoms with Gasteiger partial charge in [-0.1, -0.05) is 0 Å². The van der Waals surface area contributed by atoms with E-state index in [2.05, 4.69) is 0 Å². The van der Waals surface area contributed by atoms with Crippen LogP contribution in [0.1, 0.15) is 19.3 Å². The van der Waals surface area contributed by atoms with E-state index in [0.29, 0.717) is 6.42 Å². The number of halogens is 2. The first-order valence-electron chi connectivity index (χ1n) is 7.00. The highest BCUT2D eigenvalue weighted by molar-refractivity contribution is 5.72. The fourth-order valence-corrected chi connectivity index (χ4v) is 3.07. The third-order valence-corrected chi connectivity index (χ3v) is 4.19. The smallest absolute Gasteiger partial charge is 0.409 e. The molecule has 8 heteroatoms. The number of methoxy groups -OCH3 is 1. The second kappa shape index (κ2) is 6.13. The molecule has 0 bridgehead atoms. The second-order valence-corrected chi connectivity index (χ2v) is 5.72. The van der Waals surface area contributed by atoms with E-state index in [0.717, 1.165) is 0 Å². The average Bonchev–Trinajstić information content (AvgIpc) is 2.77. The number of carboxylic acid groups (broad SMARTS) is 1. The number of amides is 1. The number of rotatable bonds is 3. The number of hydrogen-bond donors (Lipinski definition) is 1. The highest BCUT2D eigenvalue weighted by Crippen LogP contribution is 2.30. The molecule has 2 fully saturated rings. The molecule has 1 N–H and O–H groups in total. The topological polar surface area (TPSA) is 70.1 Å². The van der Waals surface area contributed by atoms with E-state index in [1.54, 1.807) is 4.90 Å². The van der Waals surface area contributed by atoms with Gasteiger partial charge in [0.2, 0.25) is 0 Å². The molecular formula is C13H20F2N2O4. The van der Waals surface area contributed by atoms with Crippen molar-refractivity contribution in [2.24, 2.45) is 5.92 Å². The maximum atomic E-state index is 13.2. The van der Waals surface area contributed by atoms with Crippen LogP contribution in [-0.4, -0.2) is 72.2 Å². The summed E-state index contributed by atoms with van der Waals surface area (Å²) in [4.78, 5) is 25.9. The Morgan fingerprint density at radius 3 is 2.62 bits per heavy atom. The summed E-state index contributed by atoms with van der Waals surface area (Å²) < 4.78 is 31.2. The number of nitrogens with zero attached hydrogens (tertiary/aromatic N) is 2. The Balaban J connectivity index is 2.03. The molecule has 0 aromatic heterocycles. The molecule has 0 aromatic carbocycles. The van der Waals surface area contributed by atoms with Crippen molar-refractivity contribution in [1.82, 2.24) is 9.80 Å². The van der Waals surface area contributed by atoms with Gasteiger partial charge >= 0.3 is 12.1 Å². The maximum Gasteiger partial charge on any atom is 0.409 e. The van der Waals surface area contributed by atoms with Crippen molar-refractivity contribution in [1.29, 1.82) is 0 Å². The zero-order valence-electron chi connectivity index (χ0n) is 11.9. The highest BCUT2D eigenvalue weighted by atomic mass is 19.3. The summed E-state index contributed by atoms with van der Waals surface area (Å²) in [5, 5.41) is 9.11. The fourth-order valence-electron chi connectivity index (χ4n) is 3.07. The van der Waals surface area contributed by atoms with Crippen LogP contribution in [0.3, 0.4) is 0 Å². The second-order valence-electron chi connectivity index (χ2n) is 5.72. The molecule has 21 heavy (non-hydrogen) atoms. The lowest BCUT2D eigenvalue weighted by Gasteiger charge is -2.39. The Labute approximate surface area is 121 Å². The largest absolute Gasteiger partial charge is 0.481 e. The normalized spacial score (nSPS) is 29.4. The third-order valence-electron chi connectivity index (χ3n) is 4.19. The molecule has 120 valence electrons. The zero-order chi connectivity index (χ0) is 15.6. The maximum absolute atomic E-state index is 13.2. The third kappa shape index (κ3) is 3.81. The molecule has 0 spiro atoms. The number of hydrogen-bond acceptors (Lipinski definition) is 4. The lowest BCUT2D eigenvalue weighted by Crippen LogP contribution is -2.52. The van der Waals surface area contributed by atoms with Gasteiger partial charge in [-0.2, -0.15) is 0 Å². The Hall–Kier alpha value is -1.44.